The van der Waals surface area contributed by atoms with Gasteiger partial charge in [-0.25, -0.2) is 13.8 Å². The minimum atomic E-state index is -1.05. The maximum atomic E-state index is 13.3. The van der Waals surface area contributed by atoms with Gasteiger partial charge < -0.3 is 5.73 Å². The van der Waals surface area contributed by atoms with Crippen molar-refractivity contribution in [1.29, 1.82) is 0 Å². The van der Waals surface area contributed by atoms with Crippen LogP contribution in [0.5, 0.6) is 0 Å². The van der Waals surface area contributed by atoms with E-state index in [1.807, 2.05) is 0 Å². The van der Waals surface area contributed by atoms with E-state index in [9.17, 15) is 13.6 Å². The molecule has 0 unspecified atom stereocenters. The Kier molecular flexibility index (Phi) is 3.21. The van der Waals surface area contributed by atoms with Crippen LogP contribution in [0.1, 0.15) is 10.4 Å². The number of nitrogens with zero attached hydrogens (tertiary/aromatic N) is 1. The second kappa shape index (κ2) is 4.22. The van der Waals surface area contributed by atoms with E-state index in [1.54, 1.807) is 0 Å². The highest BCUT2D eigenvalue weighted by Crippen LogP contribution is 2.18. The van der Waals surface area contributed by atoms with Crippen LogP contribution in [0.25, 0.3) is 0 Å². The van der Waals surface area contributed by atoms with Gasteiger partial charge in [-0.1, -0.05) is 0 Å². The average Bonchev–Trinajstić information content (AvgIpc) is 2.11. The lowest BCUT2D eigenvalue weighted by Gasteiger charge is -2.13. The first-order chi connectivity index (χ1) is 6.93. The predicted molar refractivity (Wildman–Crippen MR) is 51.9 cm³/mol. The molecule has 0 atom stereocenters. The standard InChI is InChI=1S/C9H11F2N3O/c1-14(2)13-9(15)7-5(10)3-4-6(12)8(7)11/h3-4H,12H2,1-2H3,(H,13,15). The number of carbonyl (C=O) groups excluding carboxylic acids is 1. The molecule has 0 aliphatic heterocycles. The molecule has 0 fully saturated rings. The molecule has 82 valence electrons. The lowest BCUT2D eigenvalue weighted by molar-refractivity contribution is 0.0848. The largest absolute Gasteiger partial charge is 0.396 e. The van der Waals surface area contributed by atoms with Gasteiger partial charge in [0.25, 0.3) is 5.91 Å². The molecule has 1 aromatic rings. The Hall–Kier alpha value is -1.69. The summed E-state index contributed by atoms with van der Waals surface area (Å²) in [6, 6.07) is 2.01. The number of hydrogen-bond acceptors (Lipinski definition) is 3. The van der Waals surface area contributed by atoms with Crippen molar-refractivity contribution in [3.8, 4) is 0 Å². The van der Waals surface area contributed by atoms with Crippen molar-refractivity contribution in [2.45, 2.75) is 0 Å². The van der Waals surface area contributed by atoms with Gasteiger partial charge in [-0.3, -0.25) is 10.2 Å². The van der Waals surface area contributed by atoms with Gasteiger partial charge in [-0.2, -0.15) is 0 Å². The molecule has 4 nitrogen and oxygen atoms in total. The zero-order valence-corrected chi connectivity index (χ0v) is 8.34. The van der Waals surface area contributed by atoms with E-state index in [2.05, 4.69) is 5.43 Å². The molecule has 0 saturated carbocycles. The molecule has 0 aliphatic carbocycles. The van der Waals surface area contributed by atoms with Crippen LogP contribution < -0.4 is 11.2 Å². The van der Waals surface area contributed by atoms with Crippen molar-refractivity contribution >= 4 is 11.6 Å². The molecule has 15 heavy (non-hydrogen) atoms. The van der Waals surface area contributed by atoms with Crippen molar-refractivity contribution in [2.75, 3.05) is 19.8 Å². The first-order valence-electron chi connectivity index (χ1n) is 4.15. The first-order valence-corrected chi connectivity index (χ1v) is 4.15. The molecule has 1 rings (SSSR count). The Morgan fingerprint density at radius 2 is 2.00 bits per heavy atom. The highest BCUT2D eigenvalue weighted by atomic mass is 19.1. The highest BCUT2D eigenvalue weighted by molar-refractivity contribution is 5.95. The number of halogens is 2. The molecule has 0 saturated heterocycles. The Balaban J connectivity index is 3.13. The predicted octanol–water partition coefficient (Wildman–Crippen LogP) is 0.753. The van der Waals surface area contributed by atoms with Gasteiger partial charge in [0.2, 0.25) is 0 Å². The third kappa shape index (κ3) is 2.41. The number of rotatable bonds is 2. The summed E-state index contributed by atoms with van der Waals surface area (Å²) in [7, 11) is 3.06. The Morgan fingerprint density at radius 3 is 2.53 bits per heavy atom. The molecule has 1 amide bonds. The number of benzene rings is 1. The summed E-state index contributed by atoms with van der Waals surface area (Å²) < 4.78 is 26.5. The summed E-state index contributed by atoms with van der Waals surface area (Å²) in [6.07, 6.45) is 0. The number of hydrogen-bond donors (Lipinski definition) is 2. The van der Waals surface area contributed by atoms with Crippen LogP contribution in [0, 0.1) is 11.6 Å². The fourth-order valence-electron chi connectivity index (χ4n) is 1.04. The monoisotopic (exact) mass is 215 g/mol. The zero-order chi connectivity index (χ0) is 11.6. The quantitative estimate of drug-likeness (QED) is 0.565. The van der Waals surface area contributed by atoms with Crippen molar-refractivity contribution in [1.82, 2.24) is 10.4 Å². The van der Waals surface area contributed by atoms with E-state index in [1.165, 1.54) is 19.1 Å². The molecule has 6 heteroatoms. The van der Waals surface area contributed by atoms with Gasteiger partial charge in [0.1, 0.15) is 11.4 Å². The van der Waals surface area contributed by atoms with E-state index < -0.39 is 23.1 Å². The lowest BCUT2D eigenvalue weighted by Crippen LogP contribution is -2.37. The number of hydrazine groups is 1. The van der Waals surface area contributed by atoms with Crippen LogP contribution >= 0.6 is 0 Å². The van der Waals surface area contributed by atoms with Crippen LogP contribution in [0.3, 0.4) is 0 Å². The summed E-state index contributed by atoms with van der Waals surface area (Å²) in [6.45, 7) is 0. The topological polar surface area (TPSA) is 58.4 Å². The lowest BCUT2D eigenvalue weighted by atomic mass is 10.1. The molecular weight excluding hydrogens is 204 g/mol. The number of amides is 1. The fraction of sp³-hybridized carbons (Fsp3) is 0.222. The minimum absolute atomic E-state index is 0.264. The van der Waals surface area contributed by atoms with Crippen LogP contribution in [-0.4, -0.2) is 25.0 Å². The minimum Gasteiger partial charge on any atom is -0.396 e. The van der Waals surface area contributed by atoms with E-state index >= 15 is 0 Å². The number of carbonyl (C=O) groups is 1. The van der Waals surface area contributed by atoms with Gasteiger partial charge in [0, 0.05) is 14.1 Å². The molecule has 0 aromatic heterocycles. The van der Waals surface area contributed by atoms with Crippen LogP contribution in [0.15, 0.2) is 12.1 Å². The molecule has 1 aromatic carbocycles. The van der Waals surface area contributed by atoms with E-state index in [4.69, 9.17) is 5.73 Å². The maximum absolute atomic E-state index is 13.3. The summed E-state index contributed by atoms with van der Waals surface area (Å²) in [5.41, 5.74) is 6.51. The smallest absolute Gasteiger partial charge is 0.271 e. The van der Waals surface area contributed by atoms with Crippen molar-refractivity contribution in [2.24, 2.45) is 0 Å². The van der Waals surface area contributed by atoms with Gasteiger partial charge in [-0.05, 0) is 12.1 Å². The van der Waals surface area contributed by atoms with Gasteiger partial charge >= 0.3 is 0 Å². The van der Waals surface area contributed by atoms with Gasteiger partial charge in [0.05, 0.1) is 5.69 Å². The average molecular weight is 215 g/mol. The zero-order valence-electron chi connectivity index (χ0n) is 8.34. The normalized spacial score (nSPS) is 10.5. The number of nitrogen functional groups attached to an aromatic ring is 1. The molecule has 0 heterocycles. The summed E-state index contributed by atoms with van der Waals surface area (Å²) >= 11 is 0. The summed E-state index contributed by atoms with van der Waals surface area (Å²) in [4.78, 5) is 11.4. The van der Waals surface area contributed by atoms with Crippen molar-refractivity contribution < 1.29 is 13.6 Å². The van der Waals surface area contributed by atoms with Crippen LogP contribution in [0.2, 0.25) is 0 Å². The third-order valence-corrected chi connectivity index (χ3v) is 1.67. The van der Waals surface area contributed by atoms with E-state index in [0.29, 0.717) is 0 Å². The Morgan fingerprint density at radius 1 is 1.40 bits per heavy atom. The van der Waals surface area contributed by atoms with Gasteiger partial charge in [-0.15, -0.1) is 0 Å². The third-order valence-electron chi connectivity index (χ3n) is 1.67. The highest BCUT2D eigenvalue weighted by Gasteiger charge is 2.19. The maximum Gasteiger partial charge on any atom is 0.271 e. The summed E-state index contributed by atoms with van der Waals surface area (Å²) in [5, 5.41) is 1.28. The Bertz CT molecular complexity index is 393. The fourth-order valence-corrected chi connectivity index (χ4v) is 1.04. The first kappa shape index (κ1) is 11.4. The van der Waals surface area contributed by atoms with Gasteiger partial charge in [0.15, 0.2) is 5.82 Å². The van der Waals surface area contributed by atoms with Crippen molar-refractivity contribution in [3.63, 3.8) is 0 Å². The number of nitrogens with one attached hydrogen (secondary N) is 1. The second-order valence-electron chi connectivity index (χ2n) is 3.16. The molecule has 0 spiro atoms. The molecule has 3 N–H and O–H groups in total. The molecule has 0 bridgehead atoms. The van der Waals surface area contributed by atoms with E-state index in [0.717, 1.165) is 12.1 Å². The molecule has 0 aliphatic rings. The molecular formula is C9H11F2N3O. The van der Waals surface area contributed by atoms with Crippen LogP contribution in [-0.2, 0) is 0 Å². The second-order valence-corrected chi connectivity index (χ2v) is 3.16. The Labute approximate surface area is 85.6 Å². The van der Waals surface area contributed by atoms with E-state index in [-0.39, 0.29) is 5.69 Å². The molecule has 0 radical (unpaired) electrons. The summed E-state index contributed by atoms with van der Waals surface area (Å²) in [5.74, 6) is -2.86. The van der Waals surface area contributed by atoms with Crippen LogP contribution in [0.4, 0.5) is 14.5 Å². The number of anilines is 1. The van der Waals surface area contributed by atoms with Crippen molar-refractivity contribution in [3.05, 3.63) is 29.3 Å². The SMILES string of the molecule is CN(C)NC(=O)c1c(F)ccc(N)c1F. The number of nitrogens with two attached hydrogens (primary N) is 1.